The normalized spacial score (nSPS) is 14.6. The lowest BCUT2D eigenvalue weighted by atomic mass is 10.2. The Morgan fingerprint density at radius 3 is 2.33 bits per heavy atom. The number of hydrogen-bond acceptors (Lipinski definition) is 2. The molecule has 0 heterocycles. The molecule has 0 saturated carbocycles. The maximum Gasteiger partial charge on any atom is 0.191 e. The molecule has 21 heavy (non-hydrogen) atoms. The summed E-state index contributed by atoms with van der Waals surface area (Å²) in [6.45, 7) is 18.9. The summed E-state index contributed by atoms with van der Waals surface area (Å²) in [5.74, 6) is 0. The van der Waals surface area contributed by atoms with E-state index in [0.29, 0.717) is 5.04 Å². The molecular formula is C18H36O2Si. The van der Waals surface area contributed by atoms with Crippen molar-refractivity contribution in [3.05, 3.63) is 24.8 Å². The largest absolute Gasteiger partial charge is 0.417 e. The predicted molar refractivity (Wildman–Crippen MR) is 96.4 cm³/mol. The third kappa shape index (κ3) is 9.28. The zero-order chi connectivity index (χ0) is 16.4. The molecular weight excluding hydrogens is 276 g/mol. The molecule has 1 atom stereocenters. The van der Waals surface area contributed by atoms with Crippen LogP contribution in [0.2, 0.25) is 18.1 Å². The molecule has 0 aromatic heterocycles. The van der Waals surface area contributed by atoms with E-state index in [1.54, 1.807) is 0 Å². The van der Waals surface area contributed by atoms with Crippen LogP contribution < -0.4 is 0 Å². The molecule has 0 rings (SSSR count). The van der Waals surface area contributed by atoms with Gasteiger partial charge in [0.25, 0.3) is 0 Å². The van der Waals surface area contributed by atoms with Gasteiger partial charge >= 0.3 is 0 Å². The van der Waals surface area contributed by atoms with Gasteiger partial charge in [-0.15, -0.1) is 6.58 Å². The zero-order valence-electron chi connectivity index (χ0n) is 15.1. The molecule has 1 unspecified atom stereocenters. The van der Waals surface area contributed by atoms with Crippen molar-refractivity contribution in [1.82, 2.24) is 0 Å². The fourth-order valence-electron chi connectivity index (χ4n) is 1.70. The monoisotopic (exact) mass is 312 g/mol. The van der Waals surface area contributed by atoms with Crippen molar-refractivity contribution >= 4 is 8.32 Å². The molecule has 0 spiro atoms. The highest BCUT2D eigenvalue weighted by atomic mass is 28.4. The Labute approximate surface area is 133 Å². The fourth-order valence-corrected chi connectivity index (χ4v) is 2.79. The Bertz CT molecular complexity index is 303. The van der Waals surface area contributed by atoms with Crippen LogP contribution in [0.25, 0.3) is 0 Å². The van der Waals surface area contributed by atoms with E-state index in [-0.39, 0.29) is 6.10 Å². The van der Waals surface area contributed by atoms with Crippen LogP contribution in [0.3, 0.4) is 0 Å². The Balaban J connectivity index is 3.71. The number of unbranched alkanes of at least 4 members (excludes halogenated alkanes) is 2. The van der Waals surface area contributed by atoms with Gasteiger partial charge in [0.15, 0.2) is 8.32 Å². The zero-order valence-corrected chi connectivity index (χ0v) is 16.1. The minimum absolute atomic E-state index is 0.160. The quantitative estimate of drug-likeness (QED) is 0.276. The molecule has 0 aromatic carbocycles. The van der Waals surface area contributed by atoms with E-state index in [2.05, 4.69) is 52.6 Å². The summed E-state index contributed by atoms with van der Waals surface area (Å²) in [4.78, 5) is 0. The number of allylic oxidation sites excluding steroid dienone is 1. The van der Waals surface area contributed by atoms with Gasteiger partial charge in [-0.25, -0.2) is 0 Å². The summed E-state index contributed by atoms with van der Waals surface area (Å²) in [7, 11) is -1.55. The van der Waals surface area contributed by atoms with Crippen LogP contribution in [-0.4, -0.2) is 27.6 Å². The highest BCUT2D eigenvalue weighted by Crippen LogP contribution is 2.36. The summed E-state index contributed by atoms with van der Waals surface area (Å²) in [6, 6.07) is 0. The first-order chi connectivity index (χ1) is 9.74. The third-order valence-corrected chi connectivity index (χ3v) is 8.75. The summed E-state index contributed by atoms with van der Waals surface area (Å²) in [5, 5.41) is 0.311. The molecule has 0 fully saturated rings. The summed E-state index contributed by atoms with van der Waals surface area (Å²) in [6.07, 6.45) is 10.9. The first-order valence-corrected chi connectivity index (χ1v) is 11.2. The molecule has 124 valence electrons. The highest BCUT2D eigenvalue weighted by Gasteiger charge is 2.36. The van der Waals surface area contributed by atoms with E-state index < -0.39 is 8.32 Å². The molecule has 0 saturated heterocycles. The average Bonchev–Trinajstić information content (AvgIpc) is 2.39. The van der Waals surface area contributed by atoms with Crippen molar-refractivity contribution in [1.29, 1.82) is 0 Å². The van der Waals surface area contributed by atoms with Crippen LogP contribution in [0.15, 0.2) is 24.8 Å². The van der Waals surface area contributed by atoms with Crippen LogP contribution in [-0.2, 0) is 9.16 Å². The smallest absolute Gasteiger partial charge is 0.191 e. The number of ether oxygens (including phenoxy) is 1. The lowest BCUT2D eigenvalue weighted by Gasteiger charge is -2.36. The molecule has 0 amide bonds. The van der Waals surface area contributed by atoms with Gasteiger partial charge < -0.3 is 9.16 Å². The van der Waals surface area contributed by atoms with Gasteiger partial charge in [0.1, 0.15) is 0 Å². The van der Waals surface area contributed by atoms with E-state index in [9.17, 15) is 0 Å². The van der Waals surface area contributed by atoms with Gasteiger partial charge in [-0.05, 0) is 50.7 Å². The minimum Gasteiger partial charge on any atom is -0.417 e. The second-order valence-corrected chi connectivity index (χ2v) is 11.9. The lowest BCUT2D eigenvalue weighted by Crippen LogP contribution is -2.40. The SMILES string of the molecule is C=CC(C/C=C\CCCCO[Si](C)(C)C(C)(C)C)OCC. The van der Waals surface area contributed by atoms with Gasteiger partial charge in [0, 0.05) is 13.2 Å². The predicted octanol–water partition coefficient (Wildman–Crippen LogP) is 5.72. The first-order valence-electron chi connectivity index (χ1n) is 8.27. The Kier molecular flexibility index (Phi) is 10.2. The summed E-state index contributed by atoms with van der Waals surface area (Å²) >= 11 is 0. The van der Waals surface area contributed by atoms with Crippen LogP contribution >= 0.6 is 0 Å². The lowest BCUT2D eigenvalue weighted by molar-refractivity contribution is 0.0987. The fraction of sp³-hybridized carbons (Fsp3) is 0.778. The molecule has 0 aromatic rings. The second kappa shape index (κ2) is 10.4. The molecule has 3 heteroatoms. The van der Waals surface area contributed by atoms with Crippen molar-refractivity contribution in [2.24, 2.45) is 0 Å². The van der Waals surface area contributed by atoms with Crippen LogP contribution in [0.4, 0.5) is 0 Å². The van der Waals surface area contributed by atoms with E-state index in [1.807, 2.05) is 13.0 Å². The maximum absolute atomic E-state index is 6.17. The highest BCUT2D eigenvalue weighted by molar-refractivity contribution is 6.74. The van der Waals surface area contributed by atoms with Crippen molar-refractivity contribution in [2.75, 3.05) is 13.2 Å². The molecule has 0 bridgehead atoms. The van der Waals surface area contributed by atoms with Crippen molar-refractivity contribution < 1.29 is 9.16 Å². The van der Waals surface area contributed by atoms with Crippen molar-refractivity contribution in [3.8, 4) is 0 Å². The Morgan fingerprint density at radius 2 is 1.81 bits per heavy atom. The molecule has 0 radical (unpaired) electrons. The standard InChI is InChI=1S/C18H36O2Si/c1-8-17(19-9-2)15-13-11-10-12-14-16-20-21(6,7)18(3,4)5/h8,11,13,17H,1,9-10,12,14-16H2,2-7H3/b13-11-. The number of hydrogen-bond donors (Lipinski definition) is 0. The molecule has 0 aliphatic carbocycles. The first kappa shape index (κ1) is 20.6. The minimum atomic E-state index is -1.55. The van der Waals surface area contributed by atoms with E-state index >= 15 is 0 Å². The average molecular weight is 313 g/mol. The van der Waals surface area contributed by atoms with Gasteiger partial charge in [0.05, 0.1) is 6.10 Å². The van der Waals surface area contributed by atoms with Crippen molar-refractivity contribution in [2.45, 2.75) is 77.6 Å². The molecule has 2 nitrogen and oxygen atoms in total. The number of rotatable bonds is 11. The summed E-state index contributed by atoms with van der Waals surface area (Å²) in [5.41, 5.74) is 0. The van der Waals surface area contributed by atoms with Gasteiger partial charge in [-0.2, -0.15) is 0 Å². The topological polar surface area (TPSA) is 18.5 Å². The Morgan fingerprint density at radius 1 is 1.14 bits per heavy atom. The van der Waals surface area contributed by atoms with Gasteiger partial charge in [0.2, 0.25) is 0 Å². The second-order valence-electron chi connectivity index (χ2n) is 7.04. The van der Waals surface area contributed by atoms with Gasteiger partial charge in [-0.1, -0.05) is 39.0 Å². The molecule has 0 aliphatic heterocycles. The summed E-state index contributed by atoms with van der Waals surface area (Å²) < 4.78 is 11.7. The molecule has 0 N–H and O–H groups in total. The van der Waals surface area contributed by atoms with E-state index in [1.165, 1.54) is 6.42 Å². The van der Waals surface area contributed by atoms with E-state index in [0.717, 1.165) is 32.5 Å². The maximum atomic E-state index is 6.17. The van der Waals surface area contributed by atoms with E-state index in [4.69, 9.17) is 9.16 Å². The Hall–Kier alpha value is -0.383. The van der Waals surface area contributed by atoms with Crippen molar-refractivity contribution in [3.63, 3.8) is 0 Å². The van der Waals surface area contributed by atoms with Crippen LogP contribution in [0.1, 0.15) is 53.4 Å². The van der Waals surface area contributed by atoms with Gasteiger partial charge in [-0.3, -0.25) is 0 Å². The third-order valence-electron chi connectivity index (χ3n) is 4.21. The molecule has 0 aliphatic rings. The van der Waals surface area contributed by atoms with Crippen LogP contribution in [0.5, 0.6) is 0 Å². The van der Waals surface area contributed by atoms with Crippen LogP contribution in [0, 0.1) is 0 Å².